The normalized spacial score (nSPS) is 18.5. The molecule has 106 valence electrons. The van der Waals surface area contributed by atoms with Gasteiger partial charge in [-0.1, -0.05) is 23.9 Å². The molecule has 0 radical (unpaired) electrons. The fourth-order valence-electron chi connectivity index (χ4n) is 2.27. The van der Waals surface area contributed by atoms with Crippen LogP contribution in [0.5, 0.6) is 0 Å². The molecular formula is C14H17N3OS2. The topological polar surface area (TPSA) is 39.9 Å². The second-order valence-corrected chi connectivity index (χ2v) is 6.56. The predicted molar refractivity (Wildman–Crippen MR) is 83.2 cm³/mol. The fraction of sp³-hybridized carbons (Fsp3) is 0.429. The van der Waals surface area contributed by atoms with Crippen molar-refractivity contribution in [1.82, 2.24) is 14.8 Å². The molecule has 2 aromatic rings. The fourth-order valence-corrected chi connectivity index (χ4v) is 3.67. The smallest absolute Gasteiger partial charge is 0.191 e. The second-order valence-electron chi connectivity index (χ2n) is 4.63. The first-order chi connectivity index (χ1) is 9.88. The summed E-state index contributed by atoms with van der Waals surface area (Å²) in [5, 5.41) is 11.7. The molecule has 0 bridgehead atoms. The largest absolute Gasteiger partial charge is 0.376 e. The minimum atomic E-state index is 0.285. The summed E-state index contributed by atoms with van der Waals surface area (Å²) in [5.41, 5.74) is 0. The van der Waals surface area contributed by atoms with Crippen LogP contribution in [0, 0.1) is 0 Å². The van der Waals surface area contributed by atoms with Crippen LogP contribution in [0.2, 0.25) is 0 Å². The second kappa shape index (κ2) is 6.56. The number of hydrogen-bond donors (Lipinski definition) is 0. The minimum absolute atomic E-state index is 0.285. The number of thiophene rings is 1. The van der Waals surface area contributed by atoms with Crippen LogP contribution in [-0.4, -0.2) is 33.2 Å². The van der Waals surface area contributed by atoms with Crippen LogP contribution >= 0.6 is 23.1 Å². The van der Waals surface area contributed by atoms with Crippen molar-refractivity contribution in [3.05, 3.63) is 30.2 Å². The van der Waals surface area contributed by atoms with Gasteiger partial charge in [0.15, 0.2) is 11.0 Å². The highest BCUT2D eigenvalue weighted by Crippen LogP contribution is 2.28. The maximum absolute atomic E-state index is 5.76. The summed E-state index contributed by atoms with van der Waals surface area (Å²) >= 11 is 3.36. The van der Waals surface area contributed by atoms with E-state index in [1.54, 1.807) is 23.1 Å². The third-order valence-corrected chi connectivity index (χ3v) is 5.03. The molecule has 1 saturated heterocycles. The first-order valence-corrected chi connectivity index (χ1v) is 8.57. The van der Waals surface area contributed by atoms with Gasteiger partial charge in [-0.05, 0) is 24.3 Å². The quantitative estimate of drug-likeness (QED) is 0.605. The molecule has 1 aliphatic rings. The molecule has 1 fully saturated rings. The highest BCUT2D eigenvalue weighted by molar-refractivity contribution is 7.99. The van der Waals surface area contributed by atoms with E-state index in [1.807, 2.05) is 12.1 Å². The Kier molecular flexibility index (Phi) is 4.54. The van der Waals surface area contributed by atoms with E-state index < -0.39 is 0 Å². The molecule has 3 rings (SSSR count). The van der Waals surface area contributed by atoms with Crippen molar-refractivity contribution in [3.8, 4) is 10.7 Å². The Labute approximate surface area is 126 Å². The van der Waals surface area contributed by atoms with Crippen LogP contribution in [-0.2, 0) is 11.3 Å². The number of rotatable bonds is 6. The van der Waals surface area contributed by atoms with Gasteiger partial charge in [0.25, 0.3) is 0 Å². The van der Waals surface area contributed by atoms with Crippen molar-refractivity contribution in [3.63, 3.8) is 0 Å². The Balaban J connectivity index is 1.88. The maximum atomic E-state index is 5.76. The van der Waals surface area contributed by atoms with Gasteiger partial charge in [-0.2, -0.15) is 0 Å². The van der Waals surface area contributed by atoms with Gasteiger partial charge in [-0.25, -0.2) is 0 Å². The van der Waals surface area contributed by atoms with Crippen LogP contribution in [0.25, 0.3) is 10.7 Å². The van der Waals surface area contributed by atoms with Crippen molar-refractivity contribution in [2.45, 2.75) is 30.6 Å². The van der Waals surface area contributed by atoms with Gasteiger partial charge in [-0.3, -0.25) is 4.57 Å². The molecule has 3 heterocycles. The first-order valence-electron chi connectivity index (χ1n) is 6.71. The van der Waals surface area contributed by atoms with Crippen molar-refractivity contribution < 1.29 is 4.74 Å². The van der Waals surface area contributed by atoms with Crippen molar-refractivity contribution >= 4 is 23.1 Å². The van der Waals surface area contributed by atoms with Gasteiger partial charge in [0.05, 0.1) is 17.5 Å². The van der Waals surface area contributed by atoms with Crippen LogP contribution < -0.4 is 0 Å². The monoisotopic (exact) mass is 307 g/mol. The van der Waals surface area contributed by atoms with E-state index in [4.69, 9.17) is 4.74 Å². The molecule has 0 spiro atoms. The summed E-state index contributed by atoms with van der Waals surface area (Å²) in [6.07, 6.45) is 4.44. The standard InChI is InChI=1S/C14H17N3OS2/c1-2-8-20-14-16-15-13(12-6-4-9-19-12)17(14)10-11-5-3-7-18-11/h2,4,6,9,11H,1,3,5,7-8,10H2. The van der Waals surface area contributed by atoms with E-state index in [0.717, 1.165) is 47.6 Å². The molecule has 0 N–H and O–H groups in total. The molecule has 1 atom stereocenters. The van der Waals surface area contributed by atoms with Crippen LogP contribution in [0.3, 0.4) is 0 Å². The number of ether oxygens (including phenoxy) is 1. The zero-order chi connectivity index (χ0) is 13.8. The Hall–Kier alpha value is -1.11. The van der Waals surface area contributed by atoms with E-state index >= 15 is 0 Å². The molecule has 6 heteroatoms. The number of thioether (sulfide) groups is 1. The molecule has 0 saturated carbocycles. The van der Waals surface area contributed by atoms with Gasteiger partial charge in [0, 0.05) is 12.4 Å². The summed E-state index contributed by atoms with van der Waals surface area (Å²) in [5.74, 6) is 1.79. The number of hydrogen-bond acceptors (Lipinski definition) is 5. The maximum Gasteiger partial charge on any atom is 0.191 e. The highest BCUT2D eigenvalue weighted by Gasteiger charge is 2.21. The zero-order valence-electron chi connectivity index (χ0n) is 11.2. The summed E-state index contributed by atoms with van der Waals surface area (Å²) < 4.78 is 7.95. The van der Waals surface area contributed by atoms with E-state index in [-0.39, 0.29) is 6.10 Å². The SMILES string of the molecule is C=CCSc1nnc(-c2cccs2)n1CC1CCCO1. The van der Waals surface area contributed by atoms with E-state index in [1.165, 1.54) is 0 Å². The van der Waals surface area contributed by atoms with Gasteiger partial charge in [-0.15, -0.1) is 28.1 Å². The highest BCUT2D eigenvalue weighted by atomic mass is 32.2. The minimum Gasteiger partial charge on any atom is -0.376 e. The average Bonchev–Trinajstić information content (AvgIpc) is 3.19. The Morgan fingerprint density at radius 1 is 1.55 bits per heavy atom. The lowest BCUT2D eigenvalue weighted by atomic mass is 10.2. The Bertz CT molecular complexity index is 559. The first kappa shape index (κ1) is 13.9. The lowest BCUT2D eigenvalue weighted by molar-refractivity contribution is 0.0953. The van der Waals surface area contributed by atoms with E-state index in [2.05, 4.69) is 32.8 Å². The van der Waals surface area contributed by atoms with E-state index in [0.29, 0.717) is 0 Å². The molecule has 0 aliphatic carbocycles. The zero-order valence-corrected chi connectivity index (χ0v) is 12.8. The van der Waals surface area contributed by atoms with Crippen molar-refractivity contribution in [2.75, 3.05) is 12.4 Å². The third-order valence-electron chi connectivity index (χ3n) is 3.20. The van der Waals surface area contributed by atoms with Gasteiger partial charge in [0.2, 0.25) is 0 Å². The summed E-state index contributed by atoms with van der Waals surface area (Å²) in [4.78, 5) is 1.15. The molecule has 1 unspecified atom stereocenters. The molecule has 1 aliphatic heterocycles. The van der Waals surface area contributed by atoms with Crippen molar-refractivity contribution in [1.29, 1.82) is 0 Å². The van der Waals surface area contributed by atoms with Crippen LogP contribution in [0.4, 0.5) is 0 Å². The van der Waals surface area contributed by atoms with Crippen molar-refractivity contribution in [2.24, 2.45) is 0 Å². The van der Waals surface area contributed by atoms with Gasteiger partial charge in [0.1, 0.15) is 0 Å². The molecule has 0 amide bonds. The van der Waals surface area contributed by atoms with Gasteiger partial charge < -0.3 is 4.74 Å². The van der Waals surface area contributed by atoms with Crippen LogP contribution in [0.15, 0.2) is 35.3 Å². The number of aromatic nitrogens is 3. The lowest BCUT2D eigenvalue weighted by Crippen LogP contribution is -2.16. The Morgan fingerprint density at radius 3 is 3.20 bits per heavy atom. The molecular weight excluding hydrogens is 290 g/mol. The molecule has 0 aromatic carbocycles. The summed E-state index contributed by atoms with van der Waals surface area (Å²) in [6.45, 7) is 5.47. The third kappa shape index (κ3) is 2.97. The van der Waals surface area contributed by atoms with Gasteiger partial charge >= 0.3 is 0 Å². The predicted octanol–water partition coefficient (Wildman–Crippen LogP) is 3.46. The van der Waals surface area contributed by atoms with Crippen LogP contribution in [0.1, 0.15) is 12.8 Å². The lowest BCUT2D eigenvalue weighted by Gasteiger charge is -2.13. The number of nitrogens with zero attached hydrogens (tertiary/aromatic N) is 3. The molecule has 2 aromatic heterocycles. The Morgan fingerprint density at radius 2 is 2.50 bits per heavy atom. The summed E-state index contributed by atoms with van der Waals surface area (Å²) in [7, 11) is 0. The molecule has 20 heavy (non-hydrogen) atoms. The summed E-state index contributed by atoms with van der Waals surface area (Å²) in [6, 6.07) is 4.13. The van der Waals surface area contributed by atoms with E-state index in [9.17, 15) is 0 Å². The molecule has 4 nitrogen and oxygen atoms in total. The average molecular weight is 307 g/mol.